The van der Waals surface area contributed by atoms with E-state index in [-0.39, 0.29) is 0 Å². The van der Waals surface area contributed by atoms with Crippen molar-refractivity contribution in [2.45, 2.75) is 0 Å². The molecule has 130 valence electrons. The van der Waals surface area contributed by atoms with Crippen molar-refractivity contribution in [2.75, 3.05) is 0 Å². The summed E-state index contributed by atoms with van der Waals surface area (Å²) in [6.45, 7) is 0. The van der Waals surface area contributed by atoms with Crippen LogP contribution in [-0.4, -0.2) is 5.11 Å². The number of phenolic OH excluding ortho intramolecular Hbond substituents is 1. The Hall–Kier alpha value is -1.84. The second kappa shape index (κ2) is 9.02. The molecular formula is C17H13ClO5S2. The van der Waals surface area contributed by atoms with Gasteiger partial charge in [0.2, 0.25) is 0 Å². The molecule has 2 aromatic carbocycles. The Bertz CT molecular complexity index is 805. The molecular weight excluding hydrogens is 384 g/mol. The second-order valence-corrected chi connectivity index (χ2v) is 7.75. The van der Waals surface area contributed by atoms with E-state index >= 15 is 0 Å². The highest BCUT2D eigenvalue weighted by atomic mass is 35.7. The van der Waals surface area contributed by atoms with Gasteiger partial charge in [0.25, 0.3) is 4.88 Å². The van der Waals surface area contributed by atoms with Crippen molar-refractivity contribution < 1.29 is 34.0 Å². The van der Waals surface area contributed by atoms with E-state index in [0.29, 0.717) is 5.75 Å². The molecule has 1 aromatic heterocycles. The minimum atomic E-state index is -4.94. The first kappa shape index (κ1) is 19.5. The van der Waals surface area contributed by atoms with Gasteiger partial charge in [-0.05, 0) is 35.9 Å². The van der Waals surface area contributed by atoms with Gasteiger partial charge in [0.15, 0.2) is 10.3 Å². The molecule has 0 bridgehead atoms. The molecule has 0 amide bonds. The summed E-state index contributed by atoms with van der Waals surface area (Å²) in [6.07, 6.45) is 4.17. The predicted molar refractivity (Wildman–Crippen MR) is 89.1 cm³/mol. The number of halogens is 1. The van der Waals surface area contributed by atoms with Gasteiger partial charge in [0.1, 0.15) is 5.75 Å². The minimum Gasteiger partial charge on any atom is -0.508 e. The number of hydrogen-bond acceptors (Lipinski definition) is 6. The Labute approximate surface area is 154 Å². The lowest BCUT2D eigenvalue weighted by Crippen LogP contribution is -2.68. The van der Waals surface area contributed by atoms with Gasteiger partial charge in [-0.2, -0.15) is 0 Å². The third-order valence-corrected chi connectivity index (χ3v) is 5.32. The standard InChI is InChI=1S/C17H12OS2.ClHO4/c18-15-9-6-13(7-10-15)8-11-16-12-17(20-19-16)14-4-2-1-3-5-14;2-1(3,4)5/h1-12H;(H,2,3,4,5)/b11-8+;. The molecule has 0 fully saturated rings. The highest BCUT2D eigenvalue weighted by Gasteiger charge is 2.13. The monoisotopic (exact) mass is 396 g/mol. The molecule has 25 heavy (non-hydrogen) atoms. The van der Waals surface area contributed by atoms with Crippen LogP contribution in [-0.2, 0) is 0 Å². The van der Waals surface area contributed by atoms with E-state index in [0.717, 1.165) is 5.56 Å². The maximum Gasteiger partial charge on any atom is 0.301 e. The van der Waals surface area contributed by atoms with Gasteiger partial charge in [0.05, 0.1) is 4.88 Å². The largest absolute Gasteiger partial charge is 0.508 e. The Morgan fingerprint density at radius 2 is 1.48 bits per heavy atom. The maximum absolute atomic E-state index is 9.25. The van der Waals surface area contributed by atoms with E-state index in [1.807, 2.05) is 18.2 Å². The number of benzene rings is 2. The number of aromatic hydroxyl groups is 1. The summed E-state index contributed by atoms with van der Waals surface area (Å²) < 4.78 is 34.0. The first-order valence-electron chi connectivity index (χ1n) is 6.89. The molecule has 0 aliphatic rings. The molecule has 0 spiro atoms. The van der Waals surface area contributed by atoms with Crippen LogP contribution in [0.15, 0.2) is 60.7 Å². The molecule has 0 unspecified atom stereocenters. The fourth-order valence-corrected chi connectivity index (χ4v) is 4.10. The number of rotatable bonds is 3. The third-order valence-electron chi connectivity index (χ3n) is 2.89. The summed E-state index contributed by atoms with van der Waals surface area (Å²) in [4.78, 5) is 2.53. The SMILES string of the molecule is Oc1ccc(/C=C/c2cc(-c3ccccc3)[s+]s2)cc1.[O-][Cl+3]([O-])([O-])[O-]. The van der Waals surface area contributed by atoms with E-state index < -0.39 is 10.2 Å². The van der Waals surface area contributed by atoms with E-state index in [2.05, 4.69) is 42.5 Å². The molecule has 3 aromatic rings. The smallest absolute Gasteiger partial charge is 0.301 e. The van der Waals surface area contributed by atoms with E-state index in [9.17, 15) is 5.11 Å². The Morgan fingerprint density at radius 1 is 0.880 bits per heavy atom. The molecule has 0 radical (unpaired) electrons. The summed E-state index contributed by atoms with van der Waals surface area (Å²) in [7, 11) is -1.38. The summed E-state index contributed by atoms with van der Waals surface area (Å²) in [6, 6.07) is 19.8. The van der Waals surface area contributed by atoms with Crippen LogP contribution < -0.4 is 18.6 Å². The lowest BCUT2D eigenvalue weighted by atomic mass is 10.1. The van der Waals surface area contributed by atoms with Gasteiger partial charge in [-0.15, -0.1) is 10.2 Å². The van der Waals surface area contributed by atoms with E-state index in [4.69, 9.17) is 18.6 Å². The normalized spacial score (nSPS) is 11.2. The van der Waals surface area contributed by atoms with Crippen molar-refractivity contribution in [2.24, 2.45) is 0 Å². The molecule has 0 saturated heterocycles. The van der Waals surface area contributed by atoms with Crippen LogP contribution in [0.25, 0.3) is 22.6 Å². The summed E-state index contributed by atoms with van der Waals surface area (Å²) >= 11 is 0. The molecule has 3 rings (SSSR count). The van der Waals surface area contributed by atoms with Crippen LogP contribution in [0.2, 0.25) is 0 Å². The zero-order valence-electron chi connectivity index (χ0n) is 12.7. The Balaban J connectivity index is 0.000000399. The highest BCUT2D eigenvalue weighted by Crippen LogP contribution is 2.32. The summed E-state index contributed by atoms with van der Waals surface area (Å²) in [5.41, 5.74) is 2.35. The van der Waals surface area contributed by atoms with Gasteiger partial charge in [-0.1, -0.05) is 36.4 Å². The van der Waals surface area contributed by atoms with Crippen molar-refractivity contribution >= 4 is 32.8 Å². The van der Waals surface area contributed by atoms with Crippen molar-refractivity contribution in [3.8, 4) is 16.2 Å². The van der Waals surface area contributed by atoms with Crippen LogP contribution in [0.4, 0.5) is 0 Å². The zero-order valence-corrected chi connectivity index (χ0v) is 15.1. The van der Waals surface area contributed by atoms with Crippen LogP contribution in [0, 0.1) is 10.2 Å². The first-order chi connectivity index (χ1) is 11.8. The molecule has 0 aliphatic carbocycles. The molecule has 0 atom stereocenters. The maximum atomic E-state index is 9.25. The van der Waals surface area contributed by atoms with Crippen molar-refractivity contribution in [1.82, 2.24) is 0 Å². The van der Waals surface area contributed by atoms with Crippen LogP contribution >= 0.6 is 20.7 Å². The average Bonchev–Trinajstić information content (AvgIpc) is 3.03. The fraction of sp³-hybridized carbons (Fsp3) is 0. The summed E-state index contributed by atoms with van der Waals surface area (Å²) in [5, 5.41) is 9.25. The van der Waals surface area contributed by atoms with Gasteiger partial charge < -0.3 is 5.11 Å². The van der Waals surface area contributed by atoms with Gasteiger partial charge in [-0.3, -0.25) is 0 Å². The van der Waals surface area contributed by atoms with Gasteiger partial charge in [-0.25, -0.2) is 18.6 Å². The quantitative estimate of drug-likeness (QED) is 0.521. The lowest BCUT2D eigenvalue weighted by molar-refractivity contribution is -2.00. The van der Waals surface area contributed by atoms with Crippen LogP contribution in [0.3, 0.4) is 0 Å². The topological polar surface area (TPSA) is 112 Å². The highest BCUT2D eigenvalue weighted by molar-refractivity contribution is 7.71. The molecule has 0 saturated carbocycles. The minimum absolute atomic E-state index is 0.298. The molecule has 1 heterocycles. The molecule has 8 heteroatoms. The second-order valence-electron chi connectivity index (χ2n) is 4.75. The molecule has 0 aliphatic heterocycles. The zero-order chi connectivity index (χ0) is 18.3. The summed E-state index contributed by atoms with van der Waals surface area (Å²) in [5.74, 6) is 0.298. The molecule has 5 nitrogen and oxygen atoms in total. The van der Waals surface area contributed by atoms with E-state index in [1.54, 1.807) is 32.8 Å². The Kier molecular flexibility index (Phi) is 7.03. The average molecular weight is 397 g/mol. The van der Waals surface area contributed by atoms with Crippen molar-refractivity contribution in [3.05, 3.63) is 71.1 Å². The van der Waals surface area contributed by atoms with Gasteiger partial charge in [0, 0.05) is 11.6 Å². The first-order valence-corrected chi connectivity index (χ1v) is 10.3. The van der Waals surface area contributed by atoms with E-state index in [1.165, 1.54) is 15.3 Å². The fourth-order valence-electron chi connectivity index (χ4n) is 1.84. The van der Waals surface area contributed by atoms with Crippen molar-refractivity contribution in [1.29, 1.82) is 0 Å². The van der Waals surface area contributed by atoms with Crippen LogP contribution in [0.1, 0.15) is 10.4 Å². The van der Waals surface area contributed by atoms with Crippen LogP contribution in [0.5, 0.6) is 5.75 Å². The molecule has 1 N–H and O–H groups in total. The van der Waals surface area contributed by atoms with Crippen molar-refractivity contribution in [3.63, 3.8) is 0 Å². The third kappa shape index (κ3) is 7.72. The lowest BCUT2D eigenvalue weighted by Gasteiger charge is -2.17. The van der Waals surface area contributed by atoms with Gasteiger partial charge >= 0.3 is 10.3 Å². The number of hydrogen-bond donors (Lipinski definition) is 1. The number of phenols is 1. The Morgan fingerprint density at radius 3 is 2.08 bits per heavy atom. The predicted octanol–water partition coefficient (Wildman–Crippen LogP) is 0.878.